The quantitative estimate of drug-likeness (QED) is 0.494. The first-order valence-corrected chi connectivity index (χ1v) is 3.72. The van der Waals surface area contributed by atoms with Crippen molar-refractivity contribution >= 4 is 17.4 Å². The Morgan fingerprint density at radius 3 is 3.09 bits per heavy atom. The lowest BCUT2D eigenvalue weighted by Crippen LogP contribution is -1.88. The smallest absolute Gasteiger partial charge is 0.0838 e. The van der Waals surface area contributed by atoms with Crippen LogP contribution in [0.25, 0.3) is 0 Å². The highest BCUT2D eigenvalue weighted by molar-refractivity contribution is 7.78. The molecule has 0 fully saturated rings. The fourth-order valence-electron chi connectivity index (χ4n) is 0.777. The van der Waals surface area contributed by atoms with Crippen molar-refractivity contribution in [2.24, 2.45) is 4.99 Å². The van der Waals surface area contributed by atoms with E-state index in [1.807, 2.05) is 19.1 Å². The Labute approximate surface area is 71.0 Å². The summed E-state index contributed by atoms with van der Waals surface area (Å²) in [6.45, 7) is 1.95. The van der Waals surface area contributed by atoms with Crippen molar-refractivity contribution < 1.29 is 0 Å². The van der Waals surface area contributed by atoms with Crippen molar-refractivity contribution in [3.63, 3.8) is 0 Å². The Kier molecular flexibility index (Phi) is 2.90. The molecule has 11 heavy (non-hydrogen) atoms. The number of pyridine rings is 1. The van der Waals surface area contributed by atoms with Gasteiger partial charge in [-0.3, -0.25) is 4.98 Å². The summed E-state index contributed by atoms with van der Waals surface area (Å²) in [5, 5.41) is 2.35. The Morgan fingerprint density at radius 2 is 2.55 bits per heavy atom. The molecule has 1 heterocycles. The van der Waals surface area contributed by atoms with Crippen LogP contribution in [0.5, 0.6) is 0 Å². The molecule has 0 aliphatic heterocycles. The van der Waals surface area contributed by atoms with Gasteiger partial charge in [0.25, 0.3) is 0 Å². The molecule has 1 aromatic rings. The maximum atomic E-state index is 4.49. The van der Waals surface area contributed by atoms with Crippen molar-refractivity contribution in [3.8, 4) is 0 Å². The molecule has 2 nitrogen and oxygen atoms in total. The van der Waals surface area contributed by atoms with Crippen LogP contribution in [0.2, 0.25) is 0 Å². The predicted molar refractivity (Wildman–Crippen MR) is 47.7 cm³/mol. The van der Waals surface area contributed by atoms with Gasteiger partial charge >= 0.3 is 0 Å². The Hall–Kier alpha value is -1.05. The molecule has 0 aromatic carbocycles. The Balaban J connectivity index is 2.84. The predicted octanol–water partition coefficient (Wildman–Crippen LogP) is 2.25. The Bertz CT molecular complexity index is 265. The van der Waals surface area contributed by atoms with Crippen LogP contribution in [-0.2, 0) is 0 Å². The normalized spacial score (nSPS) is 11.7. The maximum Gasteiger partial charge on any atom is 0.0838 e. The number of rotatable bonds is 2. The van der Waals surface area contributed by atoms with Crippen LogP contribution in [0.1, 0.15) is 18.5 Å². The van der Waals surface area contributed by atoms with Crippen molar-refractivity contribution in [3.05, 3.63) is 30.1 Å². The maximum absolute atomic E-state index is 4.49. The molecule has 56 valence electrons. The fraction of sp³-hybridized carbons (Fsp3) is 0.250. The van der Waals surface area contributed by atoms with Gasteiger partial charge in [0, 0.05) is 12.4 Å². The molecule has 0 bridgehead atoms. The summed E-state index contributed by atoms with van der Waals surface area (Å²) >= 11 is 4.49. The van der Waals surface area contributed by atoms with E-state index in [0.29, 0.717) is 0 Å². The number of nitrogens with zero attached hydrogens (tertiary/aromatic N) is 2. The first-order chi connectivity index (χ1) is 5.34. The second kappa shape index (κ2) is 3.96. The van der Waals surface area contributed by atoms with Crippen molar-refractivity contribution in [2.45, 2.75) is 13.0 Å². The van der Waals surface area contributed by atoms with Crippen LogP contribution >= 0.6 is 12.2 Å². The molecule has 0 saturated heterocycles. The lowest BCUT2D eigenvalue weighted by atomic mass is 10.2. The SMILES string of the molecule is C[C@H](N=C=S)c1cccnc1. The van der Waals surface area contributed by atoms with E-state index in [4.69, 9.17) is 0 Å². The van der Waals surface area contributed by atoms with E-state index < -0.39 is 0 Å². The van der Waals surface area contributed by atoms with Gasteiger partial charge in [0.05, 0.1) is 11.2 Å². The molecule has 0 amide bonds. The van der Waals surface area contributed by atoms with Gasteiger partial charge in [0.2, 0.25) is 0 Å². The zero-order valence-electron chi connectivity index (χ0n) is 6.19. The van der Waals surface area contributed by atoms with Crippen molar-refractivity contribution in [1.82, 2.24) is 4.98 Å². The summed E-state index contributed by atoms with van der Waals surface area (Å²) in [5.41, 5.74) is 1.06. The minimum Gasteiger partial charge on any atom is -0.264 e. The van der Waals surface area contributed by atoms with Crippen LogP contribution in [0.15, 0.2) is 29.5 Å². The van der Waals surface area contributed by atoms with E-state index >= 15 is 0 Å². The van der Waals surface area contributed by atoms with Gasteiger partial charge in [0.15, 0.2) is 0 Å². The van der Waals surface area contributed by atoms with E-state index in [1.54, 1.807) is 12.4 Å². The molecule has 0 aliphatic carbocycles. The third-order valence-electron chi connectivity index (χ3n) is 1.41. The number of hydrogen-bond donors (Lipinski definition) is 0. The fourth-order valence-corrected chi connectivity index (χ4v) is 0.935. The van der Waals surface area contributed by atoms with Gasteiger partial charge in [0.1, 0.15) is 0 Å². The minimum atomic E-state index is 0.0706. The zero-order chi connectivity index (χ0) is 8.10. The first kappa shape index (κ1) is 8.05. The van der Waals surface area contributed by atoms with E-state index in [9.17, 15) is 0 Å². The highest BCUT2D eigenvalue weighted by atomic mass is 32.1. The number of hydrogen-bond acceptors (Lipinski definition) is 3. The summed E-state index contributed by atoms with van der Waals surface area (Å²) in [5.74, 6) is 0. The molecule has 0 saturated carbocycles. The number of aromatic nitrogens is 1. The third kappa shape index (κ3) is 2.22. The minimum absolute atomic E-state index is 0.0706. The summed E-state index contributed by atoms with van der Waals surface area (Å²) in [4.78, 5) is 7.89. The van der Waals surface area contributed by atoms with Crippen LogP contribution in [0.4, 0.5) is 0 Å². The largest absolute Gasteiger partial charge is 0.264 e. The van der Waals surface area contributed by atoms with E-state index in [2.05, 4.69) is 27.4 Å². The molecule has 1 rings (SSSR count). The van der Waals surface area contributed by atoms with Crippen LogP contribution in [0.3, 0.4) is 0 Å². The molecule has 0 spiro atoms. The summed E-state index contributed by atoms with van der Waals surface area (Å²) in [6, 6.07) is 3.92. The van der Waals surface area contributed by atoms with E-state index in [0.717, 1.165) is 5.56 Å². The summed E-state index contributed by atoms with van der Waals surface area (Å²) < 4.78 is 0. The number of aliphatic imine (C=N–C) groups is 1. The Morgan fingerprint density at radius 1 is 1.73 bits per heavy atom. The molecule has 0 N–H and O–H groups in total. The molecule has 0 unspecified atom stereocenters. The number of thiocarbonyl (C=S) groups is 1. The van der Waals surface area contributed by atoms with Gasteiger partial charge in [-0.2, -0.15) is 0 Å². The molecule has 1 aromatic heterocycles. The molecule has 3 heteroatoms. The van der Waals surface area contributed by atoms with E-state index in [1.165, 1.54) is 0 Å². The second-order valence-corrected chi connectivity index (χ2v) is 2.37. The van der Waals surface area contributed by atoms with Crippen LogP contribution in [0, 0.1) is 0 Å². The third-order valence-corrected chi connectivity index (χ3v) is 1.52. The standard InChI is InChI=1S/C8H8N2S/c1-7(10-6-11)8-3-2-4-9-5-8/h2-5,7H,1H3/t7-/m0/s1. The highest BCUT2D eigenvalue weighted by Gasteiger charge is 1.99. The number of isothiocyanates is 1. The van der Waals surface area contributed by atoms with Crippen molar-refractivity contribution in [1.29, 1.82) is 0 Å². The molecule has 0 aliphatic rings. The van der Waals surface area contributed by atoms with Crippen LogP contribution in [-0.4, -0.2) is 10.1 Å². The average molecular weight is 164 g/mol. The molecule has 0 radical (unpaired) electrons. The van der Waals surface area contributed by atoms with Gasteiger partial charge < -0.3 is 0 Å². The average Bonchev–Trinajstić information content (AvgIpc) is 2.07. The van der Waals surface area contributed by atoms with Crippen molar-refractivity contribution in [2.75, 3.05) is 0 Å². The lowest BCUT2D eigenvalue weighted by Gasteiger charge is -2.01. The second-order valence-electron chi connectivity index (χ2n) is 2.18. The topological polar surface area (TPSA) is 25.2 Å². The zero-order valence-corrected chi connectivity index (χ0v) is 7.01. The van der Waals surface area contributed by atoms with Gasteiger partial charge in [-0.15, -0.1) is 0 Å². The lowest BCUT2D eigenvalue weighted by molar-refractivity contribution is 0.821. The van der Waals surface area contributed by atoms with Gasteiger partial charge in [-0.25, -0.2) is 4.99 Å². The summed E-state index contributed by atoms with van der Waals surface area (Å²) in [6.07, 6.45) is 3.51. The molecule has 1 atom stereocenters. The van der Waals surface area contributed by atoms with Gasteiger partial charge in [-0.1, -0.05) is 6.07 Å². The molecular weight excluding hydrogens is 156 g/mol. The van der Waals surface area contributed by atoms with Gasteiger partial charge in [-0.05, 0) is 30.8 Å². The monoisotopic (exact) mass is 164 g/mol. The highest BCUT2D eigenvalue weighted by Crippen LogP contribution is 2.13. The molecular formula is C8H8N2S. The summed E-state index contributed by atoms with van der Waals surface area (Å²) in [7, 11) is 0. The first-order valence-electron chi connectivity index (χ1n) is 3.31. The van der Waals surface area contributed by atoms with Crippen LogP contribution < -0.4 is 0 Å². The van der Waals surface area contributed by atoms with E-state index in [-0.39, 0.29) is 6.04 Å².